The summed E-state index contributed by atoms with van der Waals surface area (Å²) < 4.78 is 29.2. The quantitative estimate of drug-likeness (QED) is 0.704. The van der Waals surface area contributed by atoms with Gasteiger partial charge in [0.15, 0.2) is 0 Å². The Morgan fingerprint density at radius 3 is 2.45 bits per heavy atom. The van der Waals surface area contributed by atoms with Gasteiger partial charge in [-0.05, 0) is 62.4 Å². The van der Waals surface area contributed by atoms with Crippen molar-refractivity contribution in [2.24, 2.45) is 5.92 Å². The number of rotatable bonds is 6. The molecule has 0 aromatic heterocycles. The van der Waals surface area contributed by atoms with E-state index in [1.54, 1.807) is 42.5 Å². The first-order chi connectivity index (χ1) is 13.9. The van der Waals surface area contributed by atoms with Gasteiger partial charge in [-0.3, -0.25) is 9.52 Å². The summed E-state index contributed by atoms with van der Waals surface area (Å²) in [5.74, 6) is -0.0174. The first kappa shape index (κ1) is 20.0. The normalized spacial score (nSPS) is 17.1. The van der Waals surface area contributed by atoms with Crippen molar-refractivity contribution in [3.63, 3.8) is 0 Å². The fraction of sp³-hybridized carbons (Fsp3) is 0.381. The standard InChI is InChI=1S/C21H24ClN3O3S/c22-17-6-2-3-7-18(17)24-29(27,28)20-14-16(23-21(26)15-8-9-15)10-11-19(20)25-12-4-1-5-13-25/h2-3,6-7,10-11,14-15,24H,1,4-5,8-9,12-13H2,(H,23,26). The maximum absolute atomic E-state index is 13.3. The van der Waals surface area contributed by atoms with Crippen LogP contribution in [0.2, 0.25) is 5.02 Å². The monoisotopic (exact) mass is 433 g/mol. The van der Waals surface area contributed by atoms with Gasteiger partial charge in [0, 0.05) is 24.7 Å². The Balaban J connectivity index is 1.70. The van der Waals surface area contributed by atoms with Crippen LogP contribution in [0.3, 0.4) is 0 Å². The van der Waals surface area contributed by atoms with E-state index < -0.39 is 10.0 Å². The summed E-state index contributed by atoms with van der Waals surface area (Å²) in [7, 11) is -3.91. The summed E-state index contributed by atoms with van der Waals surface area (Å²) >= 11 is 6.15. The molecule has 1 aliphatic heterocycles. The molecule has 2 aromatic carbocycles. The molecule has 1 amide bonds. The van der Waals surface area contributed by atoms with Crippen molar-refractivity contribution in [1.82, 2.24) is 0 Å². The number of benzene rings is 2. The third kappa shape index (κ3) is 4.67. The van der Waals surface area contributed by atoms with Crippen LogP contribution in [0.5, 0.6) is 0 Å². The van der Waals surface area contributed by atoms with Gasteiger partial charge in [0.2, 0.25) is 5.91 Å². The minimum Gasteiger partial charge on any atom is -0.370 e. The van der Waals surface area contributed by atoms with E-state index in [-0.39, 0.29) is 16.7 Å². The van der Waals surface area contributed by atoms with E-state index in [0.717, 1.165) is 45.2 Å². The topological polar surface area (TPSA) is 78.5 Å². The van der Waals surface area contributed by atoms with Crippen molar-refractivity contribution in [2.45, 2.75) is 37.0 Å². The summed E-state index contributed by atoms with van der Waals surface area (Å²) in [4.78, 5) is 14.4. The molecule has 0 unspecified atom stereocenters. The van der Waals surface area contributed by atoms with Crippen molar-refractivity contribution in [3.05, 3.63) is 47.5 Å². The number of carbonyl (C=O) groups excluding carboxylic acids is 1. The smallest absolute Gasteiger partial charge is 0.264 e. The van der Waals surface area contributed by atoms with E-state index >= 15 is 0 Å². The molecule has 1 heterocycles. The zero-order valence-electron chi connectivity index (χ0n) is 16.0. The summed E-state index contributed by atoms with van der Waals surface area (Å²) in [5.41, 5.74) is 1.46. The lowest BCUT2D eigenvalue weighted by molar-refractivity contribution is -0.117. The highest BCUT2D eigenvalue weighted by molar-refractivity contribution is 7.93. The number of hydrogen-bond donors (Lipinski definition) is 2. The maximum atomic E-state index is 13.3. The minimum absolute atomic E-state index is 0.0399. The molecule has 2 aliphatic rings. The predicted octanol–water partition coefficient (Wildman–Crippen LogP) is 4.48. The Morgan fingerprint density at radius 2 is 1.76 bits per heavy atom. The van der Waals surface area contributed by atoms with Gasteiger partial charge < -0.3 is 10.2 Å². The second-order valence-corrected chi connectivity index (χ2v) is 9.64. The fourth-order valence-electron chi connectivity index (χ4n) is 3.54. The van der Waals surface area contributed by atoms with Crippen LogP contribution in [-0.2, 0) is 14.8 Å². The van der Waals surface area contributed by atoms with E-state index in [9.17, 15) is 13.2 Å². The highest BCUT2D eigenvalue weighted by Crippen LogP contribution is 2.34. The zero-order chi connectivity index (χ0) is 20.4. The molecule has 8 heteroatoms. The molecule has 0 atom stereocenters. The average molecular weight is 434 g/mol. The summed E-state index contributed by atoms with van der Waals surface area (Å²) in [6, 6.07) is 11.8. The van der Waals surface area contributed by atoms with Gasteiger partial charge in [-0.1, -0.05) is 23.7 Å². The largest absolute Gasteiger partial charge is 0.370 e. The number of hydrogen-bond acceptors (Lipinski definition) is 4. The third-order valence-electron chi connectivity index (χ3n) is 5.28. The number of nitrogens with zero attached hydrogens (tertiary/aromatic N) is 1. The van der Waals surface area contributed by atoms with Crippen LogP contribution in [0.1, 0.15) is 32.1 Å². The number of halogens is 1. The number of piperidine rings is 1. The second-order valence-electron chi connectivity index (χ2n) is 7.58. The van der Waals surface area contributed by atoms with E-state index in [0.29, 0.717) is 22.1 Å². The van der Waals surface area contributed by atoms with Gasteiger partial charge in [0.05, 0.1) is 16.4 Å². The maximum Gasteiger partial charge on any atom is 0.264 e. The summed E-state index contributed by atoms with van der Waals surface area (Å²) in [6.45, 7) is 1.62. The van der Waals surface area contributed by atoms with Gasteiger partial charge >= 0.3 is 0 Å². The van der Waals surface area contributed by atoms with Crippen molar-refractivity contribution < 1.29 is 13.2 Å². The van der Waals surface area contributed by atoms with E-state index in [2.05, 4.69) is 14.9 Å². The first-order valence-electron chi connectivity index (χ1n) is 9.91. The molecule has 154 valence electrons. The number of anilines is 3. The summed E-state index contributed by atoms with van der Waals surface area (Å²) in [6.07, 6.45) is 4.97. The third-order valence-corrected chi connectivity index (χ3v) is 7.00. The molecule has 0 bridgehead atoms. The lowest BCUT2D eigenvalue weighted by Gasteiger charge is -2.30. The summed E-state index contributed by atoms with van der Waals surface area (Å²) in [5, 5.41) is 3.17. The van der Waals surface area contributed by atoms with Crippen LogP contribution < -0.4 is 14.9 Å². The molecule has 1 saturated heterocycles. The first-order valence-corrected chi connectivity index (χ1v) is 11.8. The fourth-order valence-corrected chi connectivity index (χ4v) is 5.11. The molecule has 1 saturated carbocycles. The van der Waals surface area contributed by atoms with Gasteiger partial charge in [0.25, 0.3) is 10.0 Å². The Hall–Kier alpha value is -2.25. The van der Waals surface area contributed by atoms with Crippen LogP contribution in [0.25, 0.3) is 0 Å². The molecular weight excluding hydrogens is 410 g/mol. The Kier molecular flexibility index (Phi) is 5.69. The van der Waals surface area contributed by atoms with Crippen molar-refractivity contribution >= 4 is 44.6 Å². The molecule has 6 nitrogen and oxygen atoms in total. The second kappa shape index (κ2) is 8.24. The highest BCUT2D eigenvalue weighted by Gasteiger charge is 2.30. The molecule has 0 radical (unpaired) electrons. The van der Waals surface area contributed by atoms with Crippen LogP contribution in [-0.4, -0.2) is 27.4 Å². The Bertz CT molecular complexity index is 1020. The lowest BCUT2D eigenvalue weighted by atomic mass is 10.1. The number of nitrogens with one attached hydrogen (secondary N) is 2. The Labute approximate surface area is 176 Å². The van der Waals surface area contributed by atoms with Crippen LogP contribution >= 0.6 is 11.6 Å². The molecule has 29 heavy (non-hydrogen) atoms. The molecule has 4 rings (SSSR count). The number of carbonyl (C=O) groups is 1. The lowest BCUT2D eigenvalue weighted by Crippen LogP contribution is -2.31. The number of amides is 1. The highest BCUT2D eigenvalue weighted by atomic mass is 35.5. The molecule has 1 aliphatic carbocycles. The van der Waals surface area contributed by atoms with Crippen LogP contribution in [0.4, 0.5) is 17.1 Å². The van der Waals surface area contributed by atoms with Crippen molar-refractivity contribution in [3.8, 4) is 0 Å². The van der Waals surface area contributed by atoms with Gasteiger partial charge in [-0.2, -0.15) is 0 Å². The van der Waals surface area contributed by atoms with Gasteiger partial charge in [0.1, 0.15) is 4.90 Å². The van der Waals surface area contributed by atoms with Crippen molar-refractivity contribution in [1.29, 1.82) is 0 Å². The van der Waals surface area contributed by atoms with Crippen molar-refractivity contribution in [2.75, 3.05) is 28.0 Å². The van der Waals surface area contributed by atoms with Crippen LogP contribution in [0, 0.1) is 5.92 Å². The molecule has 2 N–H and O–H groups in total. The van der Waals surface area contributed by atoms with Gasteiger partial charge in [-0.25, -0.2) is 8.42 Å². The molecule has 2 aromatic rings. The van der Waals surface area contributed by atoms with E-state index in [1.165, 1.54) is 0 Å². The van der Waals surface area contributed by atoms with E-state index in [1.807, 2.05) is 0 Å². The zero-order valence-corrected chi connectivity index (χ0v) is 17.6. The number of para-hydroxylation sites is 1. The minimum atomic E-state index is -3.91. The molecule has 0 spiro atoms. The van der Waals surface area contributed by atoms with Gasteiger partial charge in [-0.15, -0.1) is 0 Å². The predicted molar refractivity (Wildman–Crippen MR) is 116 cm³/mol. The average Bonchev–Trinajstić information content (AvgIpc) is 3.56. The SMILES string of the molecule is O=C(Nc1ccc(N2CCCCC2)c(S(=O)(=O)Nc2ccccc2Cl)c1)C1CC1. The van der Waals surface area contributed by atoms with E-state index in [4.69, 9.17) is 11.6 Å². The molecular formula is C21H24ClN3O3S. The Morgan fingerprint density at radius 1 is 1.03 bits per heavy atom. The molecule has 2 fully saturated rings. The number of sulfonamides is 1. The van der Waals surface area contributed by atoms with Crippen LogP contribution in [0.15, 0.2) is 47.4 Å².